The summed E-state index contributed by atoms with van der Waals surface area (Å²) in [5.74, 6) is 0.319. The molecule has 16 heavy (non-hydrogen) atoms. The van der Waals surface area contributed by atoms with Crippen LogP contribution in [0.15, 0.2) is 6.07 Å². The number of carbonyl (C=O) groups is 1. The van der Waals surface area contributed by atoms with Crippen molar-refractivity contribution in [3.8, 4) is 0 Å². The van der Waals surface area contributed by atoms with Crippen LogP contribution >= 0.6 is 11.6 Å². The Bertz CT molecular complexity index is 552. The lowest BCUT2D eigenvalue weighted by atomic mass is 10.4. The number of hydrogen-bond acceptors (Lipinski definition) is 5. The largest absolute Gasteiger partial charge is 0.469 e. The minimum Gasteiger partial charge on any atom is -0.469 e. The summed E-state index contributed by atoms with van der Waals surface area (Å²) in [5.41, 5.74) is 0.745. The van der Waals surface area contributed by atoms with Gasteiger partial charge in [0.1, 0.15) is 11.6 Å². The Labute approximate surface area is 96.2 Å². The minimum absolute atomic E-state index is 0.00916. The fourth-order valence-electron chi connectivity index (χ4n) is 1.26. The van der Waals surface area contributed by atoms with E-state index in [0.717, 1.165) is 5.69 Å². The van der Waals surface area contributed by atoms with Gasteiger partial charge in [-0.3, -0.25) is 4.79 Å². The summed E-state index contributed by atoms with van der Waals surface area (Å²) >= 11 is 5.95. The van der Waals surface area contributed by atoms with Crippen molar-refractivity contribution >= 4 is 23.3 Å². The zero-order valence-electron chi connectivity index (χ0n) is 8.77. The Kier molecular flexibility index (Phi) is 2.74. The molecule has 0 aliphatic heterocycles. The maximum atomic E-state index is 11.0. The highest BCUT2D eigenvalue weighted by molar-refractivity contribution is 6.29. The highest BCUT2D eigenvalue weighted by Gasteiger charge is 2.12. The summed E-state index contributed by atoms with van der Waals surface area (Å²) in [6.07, 6.45) is 0.00916. The molecule has 0 unspecified atom stereocenters. The Balaban J connectivity index is 2.44. The number of rotatable bonds is 2. The molecule has 0 radical (unpaired) electrons. The minimum atomic E-state index is -0.399. The van der Waals surface area contributed by atoms with Gasteiger partial charge in [-0.1, -0.05) is 11.6 Å². The molecule has 0 aliphatic rings. The van der Waals surface area contributed by atoms with E-state index in [1.165, 1.54) is 11.6 Å². The van der Waals surface area contributed by atoms with E-state index in [1.807, 2.05) is 0 Å². The number of esters is 1. The maximum absolute atomic E-state index is 11.0. The van der Waals surface area contributed by atoms with Gasteiger partial charge >= 0.3 is 5.97 Å². The molecule has 0 aliphatic carbocycles. The summed E-state index contributed by atoms with van der Waals surface area (Å²) in [5, 5.41) is 4.46. The summed E-state index contributed by atoms with van der Waals surface area (Å²) in [6, 6.07) is 1.67. The third-order valence-corrected chi connectivity index (χ3v) is 2.24. The SMILES string of the molecule is COC(=O)Cc1nc2nc(C)cc(Cl)n2n1. The smallest absolute Gasteiger partial charge is 0.313 e. The second-order valence-corrected chi connectivity index (χ2v) is 3.60. The van der Waals surface area contributed by atoms with Gasteiger partial charge in [0.05, 0.1) is 7.11 Å². The molecule has 0 N–H and O–H groups in total. The van der Waals surface area contributed by atoms with Crippen molar-refractivity contribution in [3.05, 3.63) is 22.7 Å². The van der Waals surface area contributed by atoms with Crippen molar-refractivity contribution in [1.29, 1.82) is 0 Å². The van der Waals surface area contributed by atoms with Crippen molar-refractivity contribution in [2.75, 3.05) is 7.11 Å². The van der Waals surface area contributed by atoms with E-state index in [-0.39, 0.29) is 6.42 Å². The normalized spacial score (nSPS) is 10.7. The first-order valence-corrected chi connectivity index (χ1v) is 4.93. The molecule has 6 nitrogen and oxygen atoms in total. The van der Waals surface area contributed by atoms with Crippen LogP contribution < -0.4 is 0 Å². The third kappa shape index (κ3) is 1.96. The van der Waals surface area contributed by atoms with Gasteiger partial charge in [0.2, 0.25) is 0 Å². The molecule has 0 aromatic carbocycles. The molecule has 0 bridgehead atoms. The second-order valence-electron chi connectivity index (χ2n) is 3.21. The van der Waals surface area contributed by atoms with Crippen LogP contribution in [0.5, 0.6) is 0 Å². The first kappa shape index (κ1) is 10.8. The van der Waals surface area contributed by atoms with E-state index in [2.05, 4.69) is 19.8 Å². The number of hydrogen-bond donors (Lipinski definition) is 0. The molecule has 0 amide bonds. The Morgan fingerprint density at radius 3 is 3.00 bits per heavy atom. The Hall–Kier alpha value is -1.69. The van der Waals surface area contributed by atoms with Crippen LogP contribution in [0, 0.1) is 6.92 Å². The fourth-order valence-corrected chi connectivity index (χ4v) is 1.53. The molecule has 0 atom stereocenters. The van der Waals surface area contributed by atoms with E-state index in [9.17, 15) is 4.79 Å². The molecule has 84 valence electrons. The lowest BCUT2D eigenvalue weighted by Gasteiger charge is -1.95. The van der Waals surface area contributed by atoms with Crippen LogP contribution in [-0.2, 0) is 16.0 Å². The second kappa shape index (κ2) is 4.05. The van der Waals surface area contributed by atoms with Gasteiger partial charge in [-0.05, 0) is 13.0 Å². The van der Waals surface area contributed by atoms with Crippen LogP contribution in [-0.4, -0.2) is 32.7 Å². The highest BCUT2D eigenvalue weighted by atomic mass is 35.5. The molecule has 0 fully saturated rings. The van der Waals surface area contributed by atoms with Crippen molar-refractivity contribution < 1.29 is 9.53 Å². The molecule has 2 aromatic heterocycles. The van der Waals surface area contributed by atoms with Gasteiger partial charge in [-0.25, -0.2) is 4.98 Å². The molecular formula is C9H9ClN4O2. The zero-order valence-corrected chi connectivity index (χ0v) is 9.52. The fraction of sp³-hybridized carbons (Fsp3) is 0.333. The van der Waals surface area contributed by atoms with Gasteiger partial charge in [0, 0.05) is 5.69 Å². The van der Waals surface area contributed by atoms with Gasteiger partial charge in [-0.2, -0.15) is 9.50 Å². The molecule has 0 spiro atoms. The molecule has 2 rings (SSSR count). The van der Waals surface area contributed by atoms with Crippen molar-refractivity contribution in [2.45, 2.75) is 13.3 Å². The molecule has 2 aromatic rings. The highest BCUT2D eigenvalue weighted by Crippen LogP contribution is 2.11. The summed E-state index contributed by atoms with van der Waals surface area (Å²) in [7, 11) is 1.31. The first-order chi connectivity index (χ1) is 7.60. The predicted octanol–water partition coefficient (Wildman–Crippen LogP) is 0.802. The molecule has 2 heterocycles. The number of aryl methyl sites for hydroxylation is 1. The molecular weight excluding hydrogens is 232 g/mol. The van der Waals surface area contributed by atoms with Crippen LogP contribution in [0.25, 0.3) is 5.78 Å². The maximum Gasteiger partial charge on any atom is 0.313 e. The van der Waals surface area contributed by atoms with E-state index in [4.69, 9.17) is 11.6 Å². The van der Waals surface area contributed by atoms with Crippen LogP contribution in [0.3, 0.4) is 0 Å². The van der Waals surface area contributed by atoms with E-state index < -0.39 is 5.97 Å². The number of ether oxygens (including phenoxy) is 1. The van der Waals surface area contributed by atoms with E-state index in [0.29, 0.717) is 16.8 Å². The zero-order chi connectivity index (χ0) is 11.7. The lowest BCUT2D eigenvalue weighted by Crippen LogP contribution is -2.06. The number of aromatic nitrogens is 4. The van der Waals surface area contributed by atoms with E-state index in [1.54, 1.807) is 13.0 Å². The van der Waals surface area contributed by atoms with Crippen LogP contribution in [0.1, 0.15) is 11.5 Å². The Morgan fingerprint density at radius 2 is 2.31 bits per heavy atom. The number of carbonyl (C=O) groups excluding carboxylic acids is 1. The Morgan fingerprint density at radius 1 is 1.56 bits per heavy atom. The van der Waals surface area contributed by atoms with Crippen molar-refractivity contribution in [2.24, 2.45) is 0 Å². The van der Waals surface area contributed by atoms with Crippen LogP contribution in [0.4, 0.5) is 0 Å². The number of halogens is 1. The number of nitrogens with zero attached hydrogens (tertiary/aromatic N) is 4. The van der Waals surface area contributed by atoms with Gasteiger partial charge in [0.15, 0.2) is 5.82 Å². The lowest BCUT2D eigenvalue weighted by molar-refractivity contribution is -0.139. The number of methoxy groups -OCH3 is 1. The number of fused-ring (bicyclic) bond motifs is 1. The average molecular weight is 241 g/mol. The van der Waals surface area contributed by atoms with Crippen molar-refractivity contribution in [3.63, 3.8) is 0 Å². The average Bonchev–Trinajstić information content (AvgIpc) is 2.60. The molecule has 0 saturated carbocycles. The van der Waals surface area contributed by atoms with Gasteiger partial charge in [-0.15, -0.1) is 5.10 Å². The topological polar surface area (TPSA) is 69.4 Å². The third-order valence-electron chi connectivity index (χ3n) is 1.97. The molecule has 7 heteroatoms. The summed E-state index contributed by atoms with van der Waals surface area (Å²) in [4.78, 5) is 19.3. The summed E-state index contributed by atoms with van der Waals surface area (Å²) < 4.78 is 5.90. The van der Waals surface area contributed by atoms with Gasteiger partial charge in [0.25, 0.3) is 5.78 Å². The monoisotopic (exact) mass is 240 g/mol. The quantitative estimate of drug-likeness (QED) is 0.574. The van der Waals surface area contributed by atoms with Gasteiger partial charge < -0.3 is 4.74 Å². The van der Waals surface area contributed by atoms with Crippen molar-refractivity contribution in [1.82, 2.24) is 19.6 Å². The standard InChI is InChI=1S/C9H9ClN4O2/c1-5-3-6(10)14-9(11-5)12-7(13-14)4-8(15)16-2/h3H,4H2,1-2H3. The first-order valence-electron chi connectivity index (χ1n) is 4.56. The van der Waals surface area contributed by atoms with E-state index >= 15 is 0 Å². The molecule has 0 saturated heterocycles. The van der Waals surface area contributed by atoms with Crippen LogP contribution in [0.2, 0.25) is 5.15 Å². The predicted molar refractivity (Wildman–Crippen MR) is 56.2 cm³/mol. The summed E-state index contributed by atoms with van der Waals surface area (Å²) in [6.45, 7) is 1.81.